The van der Waals surface area contributed by atoms with Crippen LogP contribution in [0.2, 0.25) is 0 Å². The summed E-state index contributed by atoms with van der Waals surface area (Å²) in [5.41, 5.74) is 1.07. The molecule has 3 rings (SSSR count). The lowest BCUT2D eigenvalue weighted by molar-refractivity contribution is -0.143. The minimum Gasteiger partial charge on any atom is -0.480 e. The fourth-order valence-electron chi connectivity index (χ4n) is 3.67. The fraction of sp³-hybridized carbons (Fsp3) is 0.571. The molecule has 4 nitrogen and oxygen atoms in total. The maximum atomic E-state index is 11.5. The van der Waals surface area contributed by atoms with E-state index in [-0.39, 0.29) is 6.04 Å². The molecular weight excluding hydrogens is 308 g/mol. The van der Waals surface area contributed by atoms with E-state index in [0.717, 1.165) is 23.0 Å². The van der Waals surface area contributed by atoms with Crippen molar-refractivity contribution in [1.82, 2.24) is 9.88 Å². The number of pyridine rings is 1. The molecule has 0 spiro atoms. The molecule has 1 aliphatic carbocycles. The predicted molar refractivity (Wildman–Crippen MR) is 74.6 cm³/mol. The monoisotopic (exact) mass is 324 g/mol. The number of fused-ring (bicyclic) bond motifs is 1. The third-order valence-electron chi connectivity index (χ3n) is 4.39. The number of carbonyl (C=O) groups is 1. The minimum absolute atomic E-state index is 0.313. The number of carboxylic acids is 1. The standard InChI is InChI=1S/C14H17BrN2O2/c15-11-4-9(5-16-6-11)7-17-8-10-2-1-3-12(10)13(17)14(18)19/h4-6,10,12-13H,1-3,7-8H2,(H,18,19). The number of aliphatic carboxylic acids is 1. The zero-order chi connectivity index (χ0) is 13.4. The Bertz CT molecular complexity index is 494. The van der Waals surface area contributed by atoms with Gasteiger partial charge in [0.1, 0.15) is 6.04 Å². The van der Waals surface area contributed by atoms with E-state index in [2.05, 4.69) is 25.8 Å². The van der Waals surface area contributed by atoms with Crippen LogP contribution in [0.1, 0.15) is 24.8 Å². The molecule has 1 N–H and O–H groups in total. The van der Waals surface area contributed by atoms with Gasteiger partial charge in [0.2, 0.25) is 0 Å². The number of hydrogen-bond acceptors (Lipinski definition) is 3. The molecular formula is C14H17BrN2O2. The number of aromatic nitrogens is 1. The molecule has 2 aliphatic rings. The van der Waals surface area contributed by atoms with Crippen LogP contribution in [-0.4, -0.2) is 33.5 Å². The minimum atomic E-state index is -0.669. The van der Waals surface area contributed by atoms with Gasteiger partial charge < -0.3 is 5.11 Å². The average Bonchev–Trinajstić information content (AvgIpc) is 2.88. The average molecular weight is 325 g/mol. The third-order valence-corrected chi connectivity index (χ3v) is 4.82. The Kier molecular flexibility index (Phi) is 3.58. The van der Waals surface area contributed by atoms with Crippen LogP contribution in [0.4, 0.5) is 0 Å². The van der Waals surface area contributed by atoms with E-state index < -0.39 is 5.97 Å². The highest BCUT2D eigenvalue weighted by Gasteiger charge is 2.47. The molecule has 1 saturated heterocycles. The van der Waals surface area contributed by atoms with Gasteiger partial charge in [-0.25, -0.2) is 0 Å². The molecule has 0 aromatic carbocycles. The molecule has 0 amide bonds. The first-order valence-corrected chi connectivity index (χ1v) is 7.51. The van der Waals surface area contributed by atoms with Gasteiger partial charge in [-0.15, -0.1) is 0 Å². The molecule has 1 aliphatic heterocycles. The molecule has 3 atom stereocenters. The van der Waals surface area contributed by atoms with Gasteiger partial charge >= 0.3 is 5.97 Å². The van der Waals surface area contributed by atoms with Crippen molar-refractivity contribution in [3.63, 3.8) is 0 Å². The fourth-order valence-corrected chi connectivity index (χ4v) is 4.08. The molecule has 3 unspecified atom stereocenters. The predicted octanol–water partition coefficient (Wildman–Crippen LogP) is 2.53. The van der Waals surface area contributed by atoms with Crippen molar-refractivity contribution in [3.8, 4) is 0 Å². The van der Waals surface area contributed by atoms with Crippen LogP contribution in [0, 0.1) is 11.8 Å². The van der Waals surface area contributed by atoms with Gasteiger partial charge in [0, 0.05) is 30.0 Å². The summed E-state index contributed by atoms with van der Waals surface area (Å²) in [6.45, 7) is 1.59. The Labute approximate surface area is 121 Å². The summed E-state index contributed by atoms with van der Waals surface area (Å²) in [5, 5.41) is 9.50. The van der Waals surface area contributed by atoms with E-state index in [1.165, 1.54) is 12.8 Å². The Morgan fingerprint density at radius 2 is 2.32 bits per heavy atom. The number of halogens is 1. The van der Waals surface area contributed by atoms with Crippen molar-refractivity contribution in [1.29, 1.82) is 0 Å². The highest BCUT2D eigenvalue weighted by Crippen LogP contribution is 2.42. The number of nitrogens with zero attached hydrogens (tertiary/aromatic N) is 2. The number of rotatable bonds is 3. The van der Waals surface area contributed by atoms with E-state index in [1.54, 1.807) is 6.20 Å². The zero-order valence-electron chi connectivity index (χ0n) is 10.6. The van der Waals surface area contributed by atoms with Crippen LogP contribution in [0.15, 0.2) is 22.9 Å². The maximum absolute atomic E-state index is 11.5. The molecule has 0 radical (unpaired) electrons. The second kappa shape index (κ2) is 5.21. The summed E-state index contributed by atoms with van der Waals surface area (Å²) in [7, 11) is 0. The summed E-state index contributed by atoms with van der Waals surface area (Å²) < 4.78 is 0.941. The lowest BCUT2D eigenvalue weighted by atomic mass is 9.94. The first kappa shape index (κ1) is 13.1. The highest BCUT2D eigenvalue weighted by molar-refractivity contribution is 9.10. The van der Waals surface area contributed by atoms with Gasteiger partial charge in [0.15, 0.2) is 0 Å². The lowest BCUT2D eigenvalue weighted by Gasteiger charge is -2.24. The first-order valence-electron chi connectivity index (χ1n) is 6.71. The first-order chi connectivity index (χ1) is 9.15. The molecule has 102 valence electrons. The van der Waals surface area contributed by atoms with Crippen LogP contribution >= 0.6 is 15.9 Å². The number of carboxylic acid groups (broad SMARTS) is 1. The molecule has 2 fully saturated rings. The normalized spacial score (nSPS) is 30.5. The van der Waals surface area contributed by atoms with Crippen molar-refractivity contribution in [2.75, 3.05) is 6.54 Å². The topological polar surface area (TPSA) is 53.4 Å². The summed E-state index contributed by atoms with van der Waals surface area (Å²) >= 11 is 3.41. The van der Waals surface area contributed by atoms with Gasteiger partial charge in [-0.05, 0) is 52.2 Å². The van der Waals surface area contributed by atoms with Crippen molar-refractivity contribution in [3.05, 3.63) is 28.5 Å². The van der Waals surface area contributed by atoms with Gasteiger partial charge in [-0.1, -0.05) is 6.42 Å². The molecule has 2 heterocycles. The SMILES string of the molecule is O=C(O)C1C2CCCC2CN1Cc1cncc(Br)c1. The van der Waals surface area contributed by atoms with E-state index >= 15 is 0 Å². The summed E-state index contributed by atoms with van der Waals surface area (Å²) in [6, 6.07) is 1.70. The van der Waals surface area contributed by atoms with Crippen LogP contribution in [-0.2, 0) is 11.3 Å². The molecule has 0 bridgehead atoms. The number of likely N-dealkylation sites (tertiary alicyclic amines) is 1. The van der Waals surface area contributed by atoms with Crippen LogP contribution in [0.3, 0.4) is 0 Å². The van der Waals surface area contributed by atoms with Gasteiger partial charge in [0.25, 0.3) is 0 Å². The van der Waals surface area contributed by atoms with Crippen molar-refractivity contribution in [2.24, 2.45) is 11.8 Å². The van der Waals surface area contributed by atoms with Crippen LogP contribution in [0.5, 0.6) is 0 Å². The zero-order valence-corrected chi connectivity index (χ0v) is 12.2. The van der Waals surface area contributed by atoms with E-state index in [4.69, 9.17) is 0 Å². The lowest BCUT2D eigenvalue weighted by Crippen LogP contribution is -2.39. The summed E-state index contributed by atoms with van der Waals surface area (Å²) in [4.78, 5) is 17.8. The quantitative estimate of drug-likeness (QED) is 0.928. The Morgan fingerprint density at radius 1 is 1.47 bits per heavy atom. The Morgan fingerprint density at radius 3 is 3.05 bits per heavy atom. The summed E-state index contributed by atoms with van der Waals surface area (Å²) in [6.07, 6.45) is 7.00. The summed E-state index contributed by atoms with van der Waals surface area (Å²) in [5.74, 6) is 0.246. The van der Waals surface area contributed by atoms with Gasteiger partial charge in [-0.2, -0.15) is 0 Å². The van der Waals surface area contributed by atoms with Gasteiger partial charge in [-0.3, -0.25) is 14.7 Å². The second-order valence-electron chi connectivity index (χ2n) is 5.58. The van der Waals surface area contributed by atoms with Crippen molar-refractivity contribution < 1.29 is 9.90 Å². The molecule has 1 saturated carbocycles. The smallest absolute Gasteiger partial charge is 0.321 e. The third kappa shape index (κ3) is 2.54. The van der Waals surface area contributed by atoms with E-state index in [1.807, 2.05) is 12.3 Å². The molecule has 5 heteroatoms. The van der Waals surface area contributed by atoms with Gasteiger partial charge in [0.05, 0.1) is 0 Å². The van der Waals surface area contributed by atoms with Crippen LogP contribution in [0.25, 0.3) is 0 Å². The van der Waals surface area contributed by atoms with Crippen molar-refractivity contribution in [2.45, 2.75) is 31.8 Å². The molecule has 1 aromatic rings. The largest absolute Gasteiger partial charge is 0.480 e. The Hall–Kier alpha value is -0.940. The maximum Gasteiger partial charge on any atom is 0.321 e. The number of hydrogen-bond donors (Lipinski definition) is 1. The van der Waals surface area contributed by atoms with Crippen LogP contribution < -0.4 is 0 Å². The Balaban J connectivity index is 1.78. The second-order valence-corrected chi connectivity index (χ2v) is 6.49. The van der Waals surface area contributed by atoms with Crippen molar-refractivity contribution >= 4 is 21.9 Å². The van der Waals surface area contributed by atoms with E-state index in [0.29, 0.717) is 18.4 Å². The highest BCUT2D eigenvalue weighted by atomic mass is 79.9. The molecule has 1 aromatic heterocycles. The molecule has 19 heavy (non-hydrogen) atoms. The van der Waals surface area contributed by atoms with E-state index in [9.17, 15) is 9.90 Å².